The SMILES string of the molecule is Cc1oc(-c2ccccc2)nc1COC(=O)c1ccccc1C(F)(F)F. The van der Waals surface area contributed by atoms with Crippen LogP contribution in [0, 0.1) is 6.92 Å². The van der Waals surface area contributed by atoms with Crippen molar-refractivity contribution in [2.75, 3.05) is 0 Å². The first-order valence-electron chi connectivity index (χ1n) is 7.71. The van der Waals surface area contributed by atoms with Crippen molar-refractivity contribution in [2.45, 2.75) is 19.7 Å². The minimum Gasteiger partial charge on any atom is -0.455 e. The fourth-order valence-corrected chi connectivity index (χ4v) is 2.39. The Kier molecular flexibility index (Phi) is 4.79. The van der Waals surface area contributed by atoms with Crippen LogP contribution in [0.3, 0.4) is 0 Å². The zero-order chi connectivity index (χ0) is 18.7. The van der Waals surface area contributed by atoms with Crippen LogP contribution >= 0.6 is 0 Å². The van der Waals surface area contributed by atoms with Crippen LogP contribution in [0.1, 0.15) is 27.4 Å². The van der Waals surface area contributed by atoms with Crippen LogP contribution in [0.15, 0.2) is 59.0 Å². The monoisotopic (exact) mass is 361 g/mol. The van der Waals surface area contributed by atoms with E-state index in [2.05, 4.69) is 4.98 Å². The number of rotatable bonds is 4. The van der Waals surface area contributed by atoms with Gasteiger partial charge >= 0.3 is 12.1 Å². The first-order chi connectivity index (χ1) is 12.4. The number of alkyl halides is 3. The Morgan fingerprint density at radius 1 is 1.08 bits per heavy atom. The smallest absolute Gasteiger partial charge is 0.417 e. The summed E-state index contributed by atoms with van der Waals surface area (Å²) < 4.78 is 49.5. The molecule has 134 valence electrons. The van der Waals surface area contributed by atoms with Crippen molar-refractivity contribution in [1.29, 1.82) is 0 Å². The van der Waals surface area contributed by atoms with E-state index in [0.717, 1.165) is 17.7 Å². The third-order valence-electron chi connectivity index (χ3n) is 3.71. The molecule has 4 nitrogen and oxygen atoms in total. The fourth-order valence-electron chi connectivity index (χ4n) is 2.39. The molecule has 0 aliphatic heterocycles. The third-order valence-corrected chi connectivity index (χ3v) is 3.71. The number of esters is 1. The highest BCUT2D eigenvalue weighted by atomic mass is 19.4. The first-order valence-corrected chi connectivity index (χ1v) is 7.71. The molecule has 0 bridgehead atoms. The highest BCUT2D eigenvalue weighted by Crippen LogP contribution is 2.32. The molecule has 0 radical (unpaired) electrons. The van der Waals surface area contributed by atoms with Gasteiger partial charge in [0, 0.05) is 5.56 Å². The van der Waals surface area contributed by atoms with E-state index < -0.39 is 23.3 Å². The fraction of sp³-hybridized carbons (Fsp3) is 0.158. The van der Waals surface area contributed by atoms with E-state index in [4.69, 9.17) is 9.15 Å². The Balaban J connectivity index is 1.76. The van der Waals surface area contributed by atoms with Gasteiger partial charge in [0.25, 0.3) is 0 Å². The van der Waals surface area contributed by atoms with Gasteiger partial charge in [-0.25, -0.2) is 9.78 Å². The van der Waals surface area contributed by atoms with E-state index in [9.17, 15) is 18.0 Å². The molecule has 0 saturated heterocycles. The topological polar surface area (TPSA) is 52.3 Å². The molecule has 0 saturated carbocycles. The van der Waals surface area contributed by atoms with Crippen LogP contribution in [0.4, 0.5) is 13.2 Å². The number of hydrogen-bond donors (Lipinski definition) is 0. The van der Waals surface area contributed by atoms with Crippen molar-refractivity contribution >= 4 is 5.97 Å². The number of hydrogen-bond acceptors (Lipinski definition) is 4. The molecule has 3 rings (SSSR count). The van der Waals surface area contributed by atoms with E-state index in [1.165, 1.54) is 12.1 Å². The van der Waals surface area contributed by atoms with E-state index in [1.54, 1.807) is 19.1 Å². The predicted octanol–water partition coefficient (Wildman–Crippen LogP) is 5.03. The van der Waals surface area contributed by atoms with Crippen LogP contribution in [-0.2, 0) is 17.5 Å². The summed E-state index contributed by atoms with van der Waals surface area (Å²) in [5, 5.41) is 0. The maximum Gasteiger partial charge on any atom is 0.417 e. The summed E-state index contributed by atoms with van der Waals surface area (Å²) in [5.41, 5.74) is -0.478. The molecule has 3 aromatic rings. The van der Waals surface area contributed by atoms with Crippen molar-refractivity contribution < 1.29 is 27.1 Å². The third kappa shape index (κ3) is 3.77. The summed E-state index contributed by atoms with van der Waals surface area (Å²) in [7, 11) is 0. The highest BCUT2D eigenvalue weighted by Gasteiger charge is 2.35. The zero-order valence-corrected chi connectivity index (χ0v) is 13.7. The second-order valence-corrected chi connectivity index (χ2v) is 5.51. The molecule has 0 amide bonds. The molecule has 0 fully saturated rings. The van der Waals surface area contributed by atoms with Crippen molar-refractivity contribution in [3.63, 3.8) is 0 Å². The average molecular weight is 361 g/mol. The van der Waals surface area contributed by atoms with Gasteiger partial charge in [0.1, 0.15) is 18.1 Å². The maximum absolute atomic E-state index is 13.0. The Labute approximate surface area is 147 Å². The zero-order valence-electron chi connectivity index (χ0n) is 13.7. The minimum atomic E-state index is -4.64. The summed E-state index contributed by atoms with van der Waals surface area (Å²) in [5.74, 6) is -0.285. The Bertz CT molecular complexity index is 917. The second-order valence-electron chi connectivity index (χ2n) is 5.51. The van der Waals surface area contributed by atoms with E-state index in [1.807, 2.05) is 18.2 Å². The Morgan fingerprint density at radius 2 is 1.73 bits per heavy atom. The number of carbonyl (C=O) groups is 1. The molecule has 7 heteroatoms. The lowest BCUT2D eigenvalue weighted by atomic mass is 10.1. The van der Waals surface area contributed by atoms with E-state index in [-0.39, 0.29) is 6.61 Å². The van der Waals surface area contributed by atoms with Gasteiger partial charge in [-0.2, -0.15) is 13.2 Å². The molecule has 2 aromatic carbocycles. The van der Waals surface area contributed by atoms with Crippen molar-refractivity contribution in [2.24, 2.45) is 0 Å². The number of carbonyl (C=O) groups excluding carboxylic acids is 1. The lowest BCUT2D eigenvalue weighted by molar-refractivity contribution is -0.138. The molecule has 0 atom stereocenters. The van der Waals surface area contributed by atoms with Crippen molar-refractivity contribution in [3.05, 3.63) is 77.2 Å². The molecule has 0 unspecified atom stereocenters. The predicted molar refractivity (Wildman–Crippen MR) is 87.2 cm³/mol. The normalized spacial score (nSPS) is 11.4. The van der Waals surface area contributed by atoms with Crippen LogP contribution in [0.5, 0.6) is 0 Å². The summed E-state index contributed by atoms with van der Waals surface area (Å²) in [4.78, 5) is 16.3. The van der Waals surface area contributed by atoms with Gasteiger partial charge in [0.15, 0.2) is 0 Å². The minimum absolute atomic E-state index is 0.285. The maximum atomic E-state index is 13.0. The number of oxazole rings is 1. The standard InChI is InChI=1S/C19H14F3NO3/c1-12-16(23-17(26-12)13-7-3-2-4-8-13)11-25-18(24)14-9-5-6-10-15(14)19(20,21)22/h2-10H,11H2,1H3. The number of halogens is 3. The molecule has 0 N–H and O–H groups in total. The summed E-state index contributed by atoms with van der Waals surface area (Å²) in [6, 6.07) is 13.6. The Hall–Kier alpha value is -3.09. The van der Waals surface area contributed by atoms with Gasteiger partial charge in [0.2, 0.25) is 5.89 Å². The molecule has 26 heavy (non-hydrogen) atoms. The number of aryl methyl sites for hydroxylation is 1. The number of nitrogens with zero attached hydrogens (tertiary/aromatic N) is 1. The van der Waals surface area contributed by atoms with Gasteiger partial charge in [-0.3, -0.25) is 0 Å². The lowest BCUT2D eigenvalue weighted by Crippen LogP contribution is -2.15. The van der Waals surface area contributed by atoms with E-state index >= 15 is 0 Å². The highest BCUT2D eigenvalue weighted by molar-refractivity contribution is 5.91. The quantitative estimate of drug-likeness (QED) is 0.612. The Morgan fingerprint density at radius 3 is 2.42 bits per heavy atom. The molecule has 0 aliphatic rings. The number of benzene rings is 2. The number of aromatic nitrogens is 1. The molecule has 1 aromatic heterocycles. The molecular formula is C19H14F3NO3. The summed E-state index contributed by atoms with van der Waals surface area (Å²) >= 11 is 0. The van der Waals surface area contributed by atoms with Crippen LogP contribution < -0.4 is 0 Å². The molecule has 0 aliphatic carbocycles. The lowest BCUT2D eigenvalue weighted by Gasteiger charge is -2.11. The second kappa shape index (κ2) is 7.03. The molecular weight excluding hydrogens is 347 g/mol. The summed E-state index contributed by atoms with van der Waals surface area (Å²) in [6.07, 6.45) is -4.64. The van der Waals surface area contributed by atoms with Gasteiger partial charge in [0.05, 0.1) is 11.1 Å². The van der Waals surface area contributed by atoms with Crippen LogP contribution in [0.2, 0.25) is 0 Å². The average Bonchev–Trinajstić information content (AvgIpc) is 3.00. The summed E-state index contributed by atoms with van der Waals surface area (Å²) in [6.45, 7) is 1.36. The van der Waals surface area contributed by atoms with Crippen molar-refractivity contribution in [1.82, 2.24) is 4.98 Å². The number of ether oxygens (including phenoxy) is 1. The first kappa shape index (κ1) is 17.7. The van der Waals surface area contributed by atoms with Gasteiger partial charge in [-0.15, -0.1) is 0 Å². The van der Waals surface area contributed by atoms with Crippen LogP contribution in [0.25, 0.3) is 11.5 Å². The largest absolute Gasteiger partial charge is 0.455 e. The van der Waals surface area contributed by atoms with Gasteiger partial charge in [-0.1, -0.05) is 30.3 Å². The van der Waals surface area contributed by atoms with Gasteiger partial charge < -0.3 is 9.15 Å². The van der Waals surface area contributed by atoms with Gasteiger partial charge in [-0.05, 0) is 31.2 Å². The molecule has 1 heterocycles. The van der Waals surface area contributed by atoms with Crippen LogP contribution in [-0.4, -0.2) is 11.0 Å². The van der Waals surface area contributed by atoms with E-state index in [0.29, 0.717) is 17.3 Å². The molecule has 0 spiro atoms. The van der Waals surface area contributed by atoms with Crippen molar-refractivity contribution in [3.8, 4) is 11.5 Å².